The minimum absolute atomic E-state index is 0.212. The summed E-state index contributed by atoms with van der Waals surface area (Å²) in [5.41, 5.74) is 3.29. The first-order valence-electron chi connectivity index (χ1n) is 7.53. The minimum Gasteiger partial charge on any atom is -0.508 e. The standard InChI is InChI=1S/C18H20FNO/c1-2-20(14-11-9-13(19)10-12-14)17-7-3-6-16-15(17)5-4-8-18(16)21/h4-5,8-12,17,21H,2-3,6-7H2,1H3. The van der Waals surface area contributed by atoms with Crippen LogP contribution in [0, 0.1) is 5.82 Å². The van der Waals surface area contributed by atoms with Crippen molar-refractivity contribution in [1.82, 2.24) is 0 Å². The first-order chi connectivity index (χ1) is 10.2. The molecule has 2 aromatic rings. The molecule has 0 saturated heterocycles. The summed E-state index contributed by atoms with van der Waals surface area (Å²) in [7, 11) is 0. The van der Waals surface area contributed by atoms with Crippen molar-refractivity contribution < 1.29 is 9.50 Å². The van der Waals surface area contributed by atoms with Crippen molar-refractivity contribution in [3.63, 3.8) is 0 Å². The van der Waals surface area contributed by atoms with Crippen LogP contribution in [0.2, 0.25) is 0 Å². The molecule has 3 heteroatoms. The lowest BCUT2D eigenvalue weighted by Crippen LogP contribution is -2.31. The van der Waals surface area contributed by atoms with E-state index in [-0.39, 0.29) is 11.9 Å². The van der Waals surface area contributed by atoms with Crippen molar-refractivity contribution in [3.05, 3.63) is 59.4 Å². The molecule has 0 saturated carbocycles. The summed E-state index contributed by atoms with van der Waals surface area (Å²) < 4.78 is 13.1. The third-order valence-corrected chi connectivity index (χ3v) is 4.33. The van der Waals surface area contributed by atoms with Gasteiger partial charge < -0.3 is 10.0 Å². The fourth-order valence-electron chi connectivity index (χ4n) is 3.34. The number of phenols is 1. The van der Waals surface area contributed by atoms with Crippen LogP contribution in [-0.2, 0) is 6.42 Å². The molecule has 2 aromatic carbocycles. The van der Waals surface area contributed by atoms with Gasteiger partial charge in [0.2, 0.25) is 0 Å². The van der Waals surface area contributed by atoms with Crippen LogP contribution in [0.4, 0.5) is 10.1 Å². The van der Waals surface area contributed by atoms with Crippen LogP contribution in [0.15, 0.2) is 42.5 Å². The largest absolute Gasteiger partial charge is 0.508 e. The van der Waals surface area contributed by atoms with Gasteiger partial charge in [0.25, 0.3) is 0 Å². The molecular weight excluding hydrogens is 265 g/mol. The Kier molecular flexibility index (Phi) is 3.82. The highest BCUT2D eigenvalue weighted by Crippen LogP contribution is 2.39. The SMILES string of the molecule is CCN(c1ccc(F)cc1)C1CCCc2c(O)cccc21. The van der Waals surface area contributed by atoms with Gasteiger partial charge in [-0.2, -0.15) is 0 Å². The topological polar surface area (TPSA) is 23.5 Å². The molecule has 0 heterocycles. The van der Waals surface area contributed by atoms with E-state index in [4.69, 9.17) is 0 Å². The zero-order valence-electron chi connectivity index (χ0n) is 12.2. The van der Waals surface area contributed by atoms with E-state index >= 15 is 0 Å². The van der Waals surface area contributed by atoms with Gasteiger partial charge in [0, 0.05) is 12.2 Å². The number of phenolic OH excluding ortho intramolecular Hbond substituents is 1. The predicted molar refractivity (Wildman–Crippen MR) is 83.2 cm³/mol. The van der Waals surface area contributed by atoms with Gasteiger partial charge in [-0.3, -0.25) is 0 Å². The molecule has 110 valence electrons. The van der Waals surface area contributed by atoms with Gasteiger partial charge in [-0.1, -0.05) is 12.1 Å². The summed E-state index contributed by atoms with van der Waals surface area (Å²) in [6.45, 7) is 2.96. The number of rotatable bonds is 3. The first-order valence-corrected chi connectivity index (χ1v) is 7.53. The Hall–Kier alpha value is -2.03. The van der Waals surface area contributed by atoms with Crippen LogP contribution in [0.5, 0.6) is 5.75 Å². The Morgan fingerprint density at radius 2 is 1.95 bits per heavy atom. The molecule has 21 heavy (non-hydrogen) atoms. The number of hydrogen-bond donors (Lipinski definition) is 1. The second-order valence-corrected chi connectivity index (χ2v) is 5.52. The van der Waals surface area contributed by atoms with E-state index in [1.54, 1.807) is 6.07 Å². The molecule has 1 unspecified atom stereocenters. The number of hydrogen-bond acceptors (Lipinski definition) is 2. The van der Waals surface area contributed by atoms with Crippen molar-refractivity contribution in [2.75, 3.05) is 11.4 Å². The number of nitrogens with zero attached hydrogens (tertiary/aromatic N) is 1. The molecular formula is C18H20FNO. The van der Waals surface area contributed by atoms with Crippen LogP contribution in [0.25, 0.3) is 0 Å². The van der Waals surface area contributed by atoms with Crippen molar-refractivity contribution in [3.8, 4) is 5.75 Å². The predicted octanol–water partition coefficient (Wildman–Crippen LogP) is 4.44. The molecule has 0 bridgehead atoms. The average molecular weight is 285 g/mol. The van der Waals surface area contributed by atoms with Gasteiger partial charge in [-0.05, 0) is 67.6 Å². The maximum Gasteiger partial charge on any atom is 0.123 e. The highest BCUT2D eigenvalue weighted by Gasteiger charge is 2.26. The number of fused-ring (bicyclic) bond motifs is 1. The van der Waals surface area contributed by atoms with Crippen molar-refractivity contribution in [1.29, 1.82) is 0 Å². The van der Waals surface area contributed by atoms with Crippen LogP contribution in [0.1, 0.15) is 36.9 Å². The molecule has 1 atom stereocenters. The van der Waals surface area contributed by atoms with E-state index in [2.05, 4.69) is 17.9 Å². The van der Waals surface area contributed by atoms with E-state index in [1.165, 1.54) is 17.7 Å². The normalized spacial score (nSPS) is 17.3. The Bertz CT molecular complexity index is 624. The second kappa shape index (κ2) is 5.76. The molecule has 2 nitrogen and oxygen atoms in total. The summed E-state index contributed by atoms with van der Waals surface area (Å²) in [6, 6.07) is 12.7. The van der Waals surface area contributed by atoms with Gasteiger partial charge in [-0.25, -0.2) is 4.39 Å². The second-order valence-electron chi connectivity index (χ2n) is 5.52. The molecule has 1 aliphatic rings. The zero-order valence-corrected chi connectivity index (χ0v) is 12.2. The van der Waals surface area contributed by atoms with Crippen LogP contribution >= 0.6 is 0 Å². The Morgan fingerprint density at radius 1 is 1.19 bits per heavy atom. The lowest BCUT2D eigenvalue weighted by molar-refractivity contribution is 0.450. The first kappa shape index (κ1) is 13.9. The summed E-state index contributed by atoms with van der Waals surface area (Å²) in [4.78, 5) is 2.29. The van der Waals surface area contributed by atoms with Crippen molar-refractivity contribution in [2.24, 2.45) is 0 Å². The average Bonchev–Trinajstić information content (AvgIpc) is 2.51. The third kappa shape index (κ3) is 2.60. The van der Waals surface area contributed by atoms with Gasteiger partial charge >= 0.3 is 0 Å². The molecule has 0 aromatic heterocycles. The van der Waals surface area contributed by atoms with Gasteiger partial charge in [0.05, 0.1) is 6.04 Å². The monoisotopic (exact) mass is 285 g/mol. The number of halogens is 1. The summed E-state index contributed by atoms with van der Waals surface area (Å²) in [5.74, 6) is 0.184. The lowest BCUT2D eigenvalue weighted by Gasteiger charge is -2.37. The van der Waals surface area contributed by atoms with Crippen LogP contribution in [-0.4, -0.2) is 11.7 Å². The maximum absolute atomic E-state index is 13.1. The smallest absolute Gasteiger partial charge is 0.123 e. The van der Waals surface area contributed by atoms with Crippen LogP contribution < -0.4 is 4.90 Å². The highest BCUT2D eigenvalue weighted by atomic mass is 19.1. The van der Waals surface area contributed by atoms with E-state index in [0.717, 1.165) is 37.1 Å². The van der Waals surface area contributed by atoms with E-state index in [0.29, 0.717) is 5.75 Å². The summed E-state index contributed by atoms with van der Waals surface area (Å²) in [5, 5.41) is 10.1. The number of benzene rings is 2. The summed E-state index contributed by atoms with van der Waals surface area (Å²) >= 11 is 0. The number of aromatic hydroxyl groups is 1. The highest BCUT2D eigenvalue weighted by molar-refractivity contribution is 5.52. The molecule has 1 N–H and O–H groups in total. The van der Waals surface area contributed by atoms with E-state index in [9.17, 15) is 9.50 Å². The quantitative estimate of drug-likeness (QED) is 0.901. The Morgan fingerprint density at radius 3 is 2.67 bits per heavy atom. The summed E-state index contributed by atoms with van der Waals surface area (Å²) in [6.07, 6.45) is 3.05. The molecule has 0 radical (unpaired) electrons. The molecule has 0 fully saturated rings. The maximum atomic E-state index is 13.1. The molecule has 0 amide bonds. The van der Waals surface area contributed by atoms with Crippen molar-refractivity contribution >= 4 is 5.69 Å². The molecule has 0 aliphatic heterocycles. The van der Waals surface area contributed by atoms with Gasteiger partial charge in [0.1, 0.15) is 11.6 Å². The fraction of sp³-hybridized carbons (Fsp3) is 0.333. The van der Waals surface area contributed by atoms with Gasteiger partial charge in [0.15, 0.2) is 0 Å². The lowest BCUT2D eigenvalue weighted by atomic mass is 9.86. The zero-order chi connectivity index (χ0) is 14.8. The molecule has 0 spiro atoms. The Labute approximate surface area is 124 Å². The fourth-order valence-corrected chi connectivity index (χ4v) is 3.34. The molecule has 3 rings (SSSR count). The van der Waals surface area contributed by atoms with Gasteiger partial charge in [-0.15, -0.1) is 0 Å². The van der Waals surface area contributed by atoms with E-state index in [1.807, 2.05) is 18.2 Å². The minimum atomic E-state index is -0.212. The third-order valence-electron chi connectivity index (χ3n) is 4.33. The molecule has 1 aliphatic carbocycles. The number of anilines is 1. The van der Waals surface area contributed by atoms with Crippen LogP contribution in [0.3, 0.4) is 0 Å². The van der Waals surface area contributed by atoms with Crippen molar-refractivity contribution in [2.45, 2.75) is 32.2 Å². The Balaban J connectivity index is 1.99. The van der Waals surface area contributed by atoms with E-state index < -0.39 is 0 Å².